The first-order valence-corrected chi connectivity index (χ1v) is 9.36. The lowest BCUT2D eigenvalue weighted by Gasteiger charge is -2.29. The maximum Gasteiger partial charge on any atom is 0.278 e. The van der Waals surface area contributed by atoms with Crippen LogP contribution in [0.25, 0.3) is 11.1 Å². The molecule has 0 fully saturated rings. The zero-order chi connectivity index (χ0) is 18.4. The molecule has 2 aromatic rings. The van der Waals surface area contributed by atoms with Crippen molar-refractivity contribution in [3.8, 4) is 16.9 Å². The van der Waals surface area contributed by atoms with E-state index < -0.39 is 0 Å². The van der Waals surface area contributed by atoms with Crippen LogP contribution in [0.4, 0.5) is 5.69 Å². The summed E-state index contributed by atoms with van der Waals surface area (Å²) in [4.78, 5) is 14.4. The van der Waals surface area contributed by atoms with Crippen molar-refractivity contribution in [2.45, 2.75) is 13.0 Å². The molecule has 0 bridgehead atoms. The van der Waals surface area contributed by atoms with Crippen molar-refractivity contribution >= 4 is 39.9 Å². The zero-order valence-corrected chi connectivity index (χ0v) is 16.6. The minimum absolute atomic E-state index is 0.0573. The van der Waals surface area contributed by atoms with Crippen molar-refractivity contribution in [3.05, 3.63) is 44.5 Å². The van der Waals surface area contributed by atoms with E-state index in [-0.39, 0.29) is 11.6 Å². The number of nitrogens with zero attached hydrogens (tertiary/aromatic N) is 2. The van der Waals surface area contributed by atoms with Gasteiger partial charge in [0.25, 0.3) is 5.91 Å². The molecule has 0 aliphatic carbocycles. The number of likely N-dealkylation sites (N-methyl/N-ethyl adjacent to an activating group) is 1. The summed E-state index contributed by atoms with van der Waals surface area (Å²) in [6.45, 7) is 1.68. The maximum absolute atomic E-state index is 12.2. The van der Waals surface area contributed by atoms with Gasteiger partial charge in [-0.2, -0.15) is 0 Å². The first-order chi connectivity index (χ1) is 12.5. The Morgan fingerprint density at radius 2 is 2.04 bits per heavy atom. The monoisotopic (exact) mass is 463 g/mol. The number of halogens is 1. The second kappa shape index (κ2) is 6.55. The zero-order valence-electron chi connectivity index (χ0n) is 14.5. The molecule has 1 amide bonds. The number of nitrogens with one attached hydrogen (secondary N) is 1. The van der Waals surface area contributed by atoms with Gasteiger partial charge in [0.1, 0.15) is 5.75 Å². The maximum atomic E-state index is 12.2. The number of carbonyl (C=O) groups is 1. The fourth-order valence-electron chi connectivity index (χ4n) is 3.75. The molecule has 0 saturated carbocycles. The summed E-state index contributed by atoms with van der Waals surface area (Å²) in [7, 11) is 3.72. The lowest BCUT2D eigenvalue weighted by molar-refractivity contribution is -0.110. The summed E-state index contributed by atoms with van der Waals surface area (Å²) in [5.74, 6) is 0.413. The molecule has 134 valence electrons. The lowest BCUT2D eigenvalue weighted by atomic mass is 9.87. The van der Waals surface area contributed by atoms with Gasteiger partial charge >= 0.3 is 0 Å². The number of amides is 1. The van der Waals surface area contributed by atoms with Crippen LogP contribution < -0.4 is 10.1 Å². The summed E-state index contributed by atoms with van der Waals surface area (Å²) in [6, 6.07) is 7.98. The van der Waals surface area contributed by atoms with Crippen LogP contribution in [0.15, 0.2) is 29.4 Å². The van der Waals surface area contributed by atoms with Crippen LogP contribution in [0.3, 0.4) is 0 Å². The minimum atomic E-state index is -0.371. The summed E-state index contributed by atoms with van der Waals surface area (Å²) >= 11 is 2.28. The first-order valence-electron chi connectivity index (χ1n) is 8.28. The first kappa shape index (κ1) is 17.3. The van der Waals surface area contributed by atoms with Gasteiger partial charge in [-0.15, -0.1) is 0 Å². The van der Waals surface area contributed by atoms with Gasteiger partial charge in [-0.05, 0) is 77.0 Å². The third kappa shape index (κ3) is 2.66. The summed E-state index contributed by atoms with van der Waals surface area (Å²) < 4.78 is 6.69. The molecular weight excluding hydrogens is 445 g/mol. The Hall–Kier alpha value is -2.13. The number of carbonyl (C=O) groups excluding carboxylic acids is 1. The summed E-state index contributed by atoms with van der Waals surface area (Å²) in [6.07, 6.45) is 0.880. The highest BCUT2D eigenvalue weighted by Gasteiger charge is 2.33. The van der Waals surface area contributed by atoms with Gasteiger partial charge in [0.2, 0.25) is 0 Å². The highest BCUT2D eigenvalue weighted by Crippen LogP contribution is 2.42. The van der Waals surface area contributed by atoms with E-state index in [1.165, 1.54) is 5.56 Å². The van der Waals surface area contributed by atoms with Gasteiger partial charge in [-0.25, -0.2) is 0 Å². The third-order valence-electron chi connectivity index (χ3n) is 4.98. The molecule has 2 aliphatic rings. The number of hydrogen-bond donors (Lipinski definition) is 2. The van der Waals surface area contributed by atoms with E-state index in [1.54, 1.807) is 7.11 Å². The minimum Gasteiger partial charge on any atom is -0.496 e. The summed E-state index contributed by atoms with van der Waals surface area (Å²) in [5.41, 5.74) is 5.77. The SMILES string of the molecule is COc1ccc(I)cc1-c1cc2c(c3c1CCN(C)C3)NC(=O)/C2=N/O. The Morgan fingerprint density at radius 1 is 1.23 bits per heavy atom. The average Bonchev–Trinajstić information content (AvgIpc) is 2.96. The Balaban J connectivity index is 2.03. The Labute approximate surface area is 165 Å². The predicted octanol–water partition coefficient (Wildman–Crippen LogP) is 3.09. The van der Waals surface area contributed by atoms with Crippen LogP contribution in [0.5, 0.6) is 5.75 Å². The molecular formula is C19H18IN3O3. The molecule has 0 atom stereocenters. The van der Waals surface area contributed by atoms with Crippen molar-refractivity contribution in [2.24, 2.45) is 5.16 Å². The average molecular weight is 463 g/mol. The molecule has 0 spiro atoms. The van der Waals surface area contributed by atoms with E-state index in [9.17, 15) is 10.0 Å². The van der Waals surface area contributed by atoms with Crippen LogP contribution in [-0.4, -0.2) is 42.4 Å². The molecule has 7 heteroatoms. The Kier molecular flexibility index (Phi) is 4.36. The molecule has 0 aromatic heterocycles. The Morgan fingerprint density at radius 3 is 2.77 bits per heavy atom. The fourth-order valence-corrected chi connectivity index (χ4v) is 4.24. The van der Waals surface area contributed by atoms with Gasteiger partial charge in [-0.1, -0.05) is 5.16 Å². The van der Waals surface area contributed by atoms with Crippen molar-refractivity contribution in [3.63, 3.8) is 0 Å². The van der Waals surface area contributed by atoms with Crippen LogP contribution in [0.1, 0.15) is 16.7 Å². The highest BCUT2D eigenvalue weighted by atomic mass is 127. The number of fused-ring (bicyclic) bond motifs is 3. The van der Waals surface area contributed by atoms with Crippen molar-refractivity contribution in [1.82, 2.24) is 4.90 Å². The van der Waals surface area contributed by atoms with Crippen molar-refractivity contribution in [2.75, 3.05) is 26.0 Å². The summed E-state index contributed by atoms with van der Waals surface area (Å²) in [5, 5.41) is 15.4. The number of benzene rings is 2. The number of methoxy groups -OCH3 is 1. The second-order valence-electron chi connectivity index (χ2n) is 6.54. The second-order valence-corrected chi connectivity index (χ2v) is 7.78. The molecule has 2 N–H and O–H groups in total. The number of hydrogen-bond acceptors (Lipinski definition) is 5. The molecule has 6 nitrogen and oxygen atoms in total. The number of oxime groups is 1. The molecule has 4 rings (SSSR count). The number of rotatable bonds is 2. The van der Waals surface area contributed by atoms with Crippen LogP contribution in [-0.2, 0) is 17.8 Å². The predicted molar refractivity (Wildman–Crippen MR) is 108 cm³/mol. The molecule has 2 heterocycles. The van der Waals surface area contributed by atoms with E-state index in [0.29, 0.717) is 5.56 Å². The quantitative estimate of drug-likeness (QED) is 0.408. The van der Waals surface area contributed by atoms with Gasteiger partial charge in [0.05, 0.1) is 12.8 Å². The third-order valence-corrected chi connectivity index (χ3v) is 5.65. The molecule has 2 aromatic carbocycles. The van der Waals surface area contributed by atoms with Gasteiger partial charge < -0.3 is 20.2 Å². The van der Waals surface area contributed by atoms with Crippen molar-refractivity contribution < 1.29 is 14.7 Å². The molecule has 0 radical (unpaired) electrons. The van der Waals surface area contributed by atoms with Crippen molar-refractivity contribution in [1.29, 1.82) is 0 Å². The van der Waals surface area contributed by atoms with Gasteiger partial charge in [0, 0.05) is 27.8 Å². The van der Waals surface area contributed by atoms with E-state index in [0.717, 1.165) is 51.2 Å². The Bertz CT molecular complexity index is 956. The molecule has 26 heavy (non-hydrogen) atoms. The number of anilines is 1. The number of ether oxygens (including phenoxy) is 1. The standard InChI is InChI=1S/C19H18IN3O3/c1-23-6-5-11-12(13-7-10(20)3-4-16(13)26-2)8-14-17(15(11)9-23)21-19(24)18(14)22-25/h3-4,7-8,25H,5-6,9H2,1-2H3,(H,21,22,24). The topological polar surface area (TPSA) is 74.2 Å². The van der Waals surface area contributed by atoms with Crippen LogP contribution in [0.2, 0.25) is 0 Å². The fraction of sp³-hybridized carbons (Fsp3) is 0.263. The smallest absolute Gasteiger partial charge is 0.278 e. The largest absolute Gasteiger partial charge is 0.496 e. The van der Waals surface area contributed by atoms with E-state index in [1.807, 2.05) is 18.2 Å². The lowest BCUT2D eigenvalue weighted by Crippen LogP contribution is -2.28. The van der Waals surface area contributed by atoms with Crippen LogP contribution in [0, 0.1) is 3.57 Å². The van der Waals surface area contributed by atoms with Crippen LogP contribution >= 0.6 is 22.6 Å². The van der Waals surface area contributed by atoms with E-state index in [2.05, 4.69) is 51.1 Å². The van der Waals surface area contributed by atoms with Gasteiger partial charge in [-0.3, -0.25) is 4.79 Å². The van der Waals surface area contributed by atoms with Gasteiger partial charge in [0.15, 0.2) is 5.71 Å². The van der Waals surface area contributed by atoms with E-state index >= 15 is 0 Å². The highest BCUT2D eigenvalue weighted by molar-refractivity contribution is 14.1. The normalized spacial score (nSPS) is 17.8. The van der Waals surface area contributed by atoms with E-state index in [4.69, 9.17) is 4.74 Å². The molecule has 0 unspecified atom stereocenters. The molecule has 0 saturated heterocycles. The molecule has 2 aliphatic heterocycles.